The van der Waals surface area contributed by atoms with Gasteiger partial charge in [0.1, 0.15) is 0 Å². The fourth-order valence-electron chi connectivity index (χ4n) is 1.11. The minimum atomic E-state index is -0.816. The van der Waals surface area contributed by atoms with Crippen molar-refractivity contribution in [1.82, 2.24) is 9.40 Å². The third-order valence-electron chi connectivity index (χ3n) is 1.99. The fraction of sp³-hybridized carbons (Fsp3) is 0.857. The van der Waals surface area contributed by atoms with Crippen molar-refractivity contribution >= 4 is 21.1 Å². The monoisotopic (exact) mass is 238 g/mol. The summed E-state index contributed by atoms with van der Waals surface area (Å²) in [6.45, 7) is 7.24. The van der Waals surface area contributed by atoms with E-state index in [0.717, 1.165) is 5.06 Å². The van der Waals surface area contributed by atoms with Crippen molar-refractivity contribution < 1.29 is 10.0 Å². The first-order chi connectivity index (χ1) is 5.28. The zero-order valence-corrected chi connectivity index (χ0v) is 9.42. The maximum absolute atomic E-state index is 11.3. The molecule has 1 heterocycles. The van der Waals surface area contributed by atoms with E-state index in [1.54, 1.807) is 13.8 Å². The average molecular weight is 237 g/mol. The molecule has 0 aromatic heterocycles. The summed E-state index contributed by atoms with van der Waals surface area (Å²) in [4.78, 5) is 11.3. The van der Waals surface area contributed by atoms with Crippen LogP contribution in [-0.2, 0) is 4.79 Å². The second-order valence-corrected chi connectivity index (χ2v) is 6.80. The first kappa shape index (κ1) is 9.99. The van der Waals surface area contributed by atoms with Gasteiger partial charge in [-0.25, -0.2) is 0 Å². The van der Waals surface area contributed by atoms with Gasteiger partial charge in [-0.3, -0.25) is 0 Å². The SMILES string of the molecule is CC1(C)[Se]NC(=O)C(C)(C)N1O. The molecule has 5 heteroatoms. The molecule has 4 nitrogen and oxygen atoms in total. The van der Waals surface area contributed by atoms with Crippen molar-refractivity contribution in [3.05, 3.63) is 0 Å². The molecule has 1 saturated heterocycles. The van der Waals surface area contributed by atoms with Gasteiger partial charge in [0, 0.05) is 0 Å². The predicted molar refractivity (Wildman–Crippen MR) is 45.7 cm³/mol. The van der Waals surface area contributed by atoms with E-state index in [0.29, 0.717) is 0 Å². The van der Waals surface area contributed by atoms with Gasteiger partial charge in [0.15, 0.2) is 0 Å². The van der Waals surface area contributed by atoms with Gasteiger partial charge in [0.25, 0.3) is 0 Å². The van der Waals surface area contributed by atoms with Crippen LogP contribution in [0.4, 0.5) is 0 Å². The Labute approximate surface area is 78.6 Å². The van der Waals surface area contributed by atoms with Crippen molar-refractivity contribution in [1.29, 1.82) is 0 Å². The molecule has 0 aliphatic carbocycles. The Morgan fingerprint density at radius 2 is 1.92 bits per heavy atom. The molecule has 1 rings (SSSR count). The Bertz CT molecular complexity index is 215. The normalized spacial score (nSPS) is 28.2. The molecule has 70 valence electrons. The van der Waals surface area contributed by atoms with Gasteiger partial charge in [-0.1, -0.05) is 0 Å². The van der Waals surface area contributed by atoms with Gasteiger partial charge in [-0.2, -0.15) is 0 Å². The van der Waals surface area contributed by atoms with Crippen LogP contribution in [0.25, 0.3) is 0 Å². The zero-order valence-electron chi connectivity index (χ0n) is 7.71. The number of hydrogen-bond donors (Lipinski definition) is 2. The van der Waals surface area contributed by atoms with E-state index in [1.807, 2.05) is 13.8 Å². The molecule has 2 N–H and O–H groups in total. The molecular weight excluding hydrogens is 223 g/mol. The number of rotatable bonds is 0. The first-order valence-electron chi connectivity index (χ1n) is 3.76. The van der Waals surface area contributed by atoms with Crippen molar-refractivity contribution in [3.8, 4) is 0 Å². The molecule has 1 amide bonds. The number of carbonyl (C=O) groups excluding carboxylic acids is 1. The molecule has 0 unspecified atom stereocenters. The van der Waals surface area contributed by atoms with Gasteiger partial charge >= 0.3 is 78.2 Å². The number of amides is 1. The van der Waals surface area contributed by atoms with E-state index < -0.39 is 5.54 Å². The van der Waals surface area contributed by atoms with Gasteiger partial charge in [-0.05, 0) is 0 Å². The van der Waals surface area contributed by atoms with Crippen LogP contribution in [0.15, 0.2) is 0 Å². The van der Waals surface area contributed by atoms with Crippen LogP contribution in [0.2, 0.25) is 0 Å². The third-order valence-corrected chi connectivity index (χ3v) is 4.00. The Hall–Kier alpha value is -0.0905. The van der Waals surface area contributed by atoms with Crippen molar-refractivity contribution in [2.45, 2.75) is 37.7 Å². The van der Waals surface area contributed by atoms with Gasteiger partial charge in [0.2, 0.25) is 0 Å². The zero-order chi connectivity index (χ0) is 9.57. The summed E-state index contributed by atoms with van der Waals surface area (Å²) in [7, 11) is 0. The Kier molecular flexibility index (Phi) is 2.25. The van der Waals surface area contributed by atoms with Crippen LogP contribution < -0.4 is 4.33 Å². The summed E-state index contributed by atoms with van der Waals surface area (Å²) in [6.07, 6.45) is 0. The second kappa shape index (κ2) is 2.70. The van der Waals surface area contributed by atoms with E-state index in [9.17, 15) is 10.0 Å². The Balaban J connectivity index is 2.93. The molecule has 0 aromatic carbocycles. The number of hydrogen-bond acceptors (Lipinski definition) is 3. The topological polar surface area (TPSA) is 52.6 Å². The van der Waals surface area contributed by atoms with Crippen LogP contribution in [0.5, 0.6) is 0 Å². The summed E-state index contributed by atoms with van der Waals surface area (Å²) in [6, 6.07) is 0. The van der Waals surface area contributed by atoms with Crippen LogP contribution in [-0.4, -0.2) is 41.3 Å². The van der Waals surface area contributed by atoms with E-state index in [4.69, 9.17) is 0 Å². The second-order valence-electron chi connectivity index (χ2n) is 3.85. The summed E-state index contributed by atoms with van der Waals surface area (Å²) in [5.41, 5.74) is -0.816. The van der Waals surface area contributed by atoms with Gasteiger partial charge < -0.3 is 0 Å². The van der Waals surface area contributed by atoms with Crippen molar-refractivity contribution in [3.63, 3.8) is 0 Å². The van der Waals surface area contributed by atoms with Gasteiger partial charge in [-0.15, -0.1) is 0 Å². The van der Waals surface area contributed by atoms with E-state index >= 15 is 0 Å². The van der Waals surface area contributed by atoms with Crippen molar-refractivity contribution in [2.24, 2.45) is 0 Å². The fourth-order valence-corrected chi connectivity index (χ4v) is 3.01. The molecular formula is C7H14N2O2Se. The van der Waals surface area contributed by atoms with E-state index in [-0.39, 0.29) is 25.5 Å². The summed E-state index contributed by atoms with van der Waals surface area (Å²) in [5.74, 6) is -0.107. The molecule has 0 aromatic rings. The third kappa shape index (κ3) is 1.38. The quantitative estimate of drug-likeness (QED) is 0.580. The molecule has 0 saturated carbocycles. The standard InChI is InChI=1S/C7H14N2O2Se/c1-6(2)5(10)8-12-7(3,4)9(6)11/h11H,1-4H3,(H,8,10). The van der Waals surface area contributed by atoms with Crippen LogP contribution >= 0.6 is 0 Å². The number of carbonyl (C=O) groups is 1. The summed E-state index contributed by atoms with van der Waals surface area (Å²) < 4.78 is 2.49. The molecule has 12 heavy (non-hydrogen) atoms. The minimum absolute atomic E-state index is 0.0750. The van der Waals surface area contributed by atoms with Crippen LogP contribution in [0.1, 0.15) is 27.7 Å². The molecule has 0 radical (unpaired) electrons. The molecule has 1 aliphatic rings. The van der Waals surface area contributed by atoms with E-state index in [1.165, 1.54) is 0 Å². The molecule has 0 spiro atoms. The predicted octanol–water partition coefficient (Wildman–Crippen LogP) is -0.0587. The summed E-state index contributed by atoms with van der Waals surface area (Å²) in [5, 5.41) is 10.9. The molecule has 1 aliphatic heterocycles. The number of nitrogens with one attached hydrogen (secondary N) is 1. The maximum atomic E-state index is 11.3. The van der Waals surface area contributed by atoms with Crippen LogP contribution in [0.3, 0.4) is 0 Å². The van der Waals surface area contributed by atoms with Crippen molar-refractivity contribution in [2.75, 3.05) is 0 Å². The number of nitrogens with zero attached hydrogens (tertiary/aromatic N) is 1. The average Bonchev–Trinajstić information content (AvgIpc) is 1.96. The molecule has 1 fully saturated rings. The van der Waals surface area contributed by atoms with E-state index in [2.05, 4.69) is 4.33 Å². The Morgan fingerprint density at radius 3 is 2.33 bits per heavy atom. The van der Waals surface area contributed by atoms with Gasteiger partial charge in [0.05, 0.1) is 0 Å². The number of hydroxylamine groups is 2. The van der Waals surface area contributed by atoms with Crippen LogP contribution in [0, 0.1) is 0 Å². The summed E-state index contributed by atoms with van der Waals surface area (Å²) >= 11 is -0.0750. The first-order valence-corrected chi connectivity index (χ1v) is 5.47. The Morgan fingerprint density at radius 1 is 1.42 bits per heavy atom. The molecule has 0 bridgehead atoms. The molecule has 0 atom stereocenters.